The highest BCUT2D eigenvalue weighted by Gasteiger charge is 2.37. The maximum Gasteiger partial charge on any atom is 0.227 e. The number of H-pyrrole nitrogens is 1. The van der Waals surface area contributed by atoms with Gasteiger partial charge in [0.15, 0.2) is 0 Å². The molecule has 2 aromatic rings. The maximum atomic E-state index is 12.9. The molecular weight excluding hydrogens is 340 g/mol. The number of hydrogen-bond donors (Lipinski definition) is 1. The fourth-order valence-electron chi connectivity index (χ4n) is 4.35. The van der Waals surface area contributed by atoms with Crippen molar-refractivity contribution in [3.8, 4) is 0 Å². The van der Waals surface area contributed by atoms with Crippen LogP contribution in [0.1, 0.15) is 44.9 Å². The standard InChI is InChI=1S/C21H28N4O2/c1-14(2)12-25-13-16(11-19(25)26)21(27)24-9-7-15(8-10-24)20-22-17-5-3-4-6-18(17)23-20/h3-6,14-16H,7-13H2,1-2H3,(H,22,23). The summed E-state index contributed by atoms with van der Waals surface area (Å²) in [7, 11) is 0. The molecule has 0 saturated carbocycles. The second-order valence-electron chi connectivity index (χ2n) is 8.33. The Balaban J connectivity index is 1.35. The van der Waals surface area contributed by atoms with Crippen LogP contribution in [0.5, 0.6) is 0 Å². The molecule has 27 heavy (non-hydrogen) atoms. The Morgan fingerprint density at radius 3 is 2.70 bits per heavy atom. The van der Waals surface area contributed by atoms with Crippen LogP contribution in [0.2, 0.25) is 0 Å². The molecule has 1 aromatic carbocycles. The van der Waals surface area contributed by atoms with Gasteiger partial charge in [-0.15, -0.1) is 0 Å². The average Bonchev–Trinajstić information content (AvgIpc) is 3.25. The van der Waals surface area contributed by atoms with Gasteiger partial charge in [-0.05, 0) is 30.9 Å². The first-order valence-corrected chi connectivity index (χ1v) is 10.0. The summed E-state index contributed by atoms with van der Waals surface area (Å²) in [6.45, 7) is 7.03. The van der Waals surface area contributed by atoms with Crippen molar-refractivity contribution in [1.82, 2.24) is 19.8 Å². The zero-order valence-electron chi connectivity index (χ0n) is 16.1. The van der Waals surface area contributed by atoms with E-state index in [0.717, 1.165) is 49.3 Å². The molecule has 2 aliphatic heterocycles. The van der Waals surface area contributed by atoms with E-state index >= 15 is 0 Å². The van der Waals surface area contributed by atoms with Crippen molar-refractivity contribution in [1.29, 1.82) is 0 Å². The number of carbonyl (C=O) groups is 2. The molecule has 1 aromatic heterocycles. The van der Waals surface area contributed by atoms with Crippen molar-refractivity contribution in [3.05, 3.63) is 30.1 Å². The van der Waals surface area contributed by atoms with Crippen molar-refractivity contribution in [2.75, 3.05) is 26.2 Å². The highest BCUT2D eigenvalue weighted by molar-refractivity contribution is 5.89. The number of carbonyl (C=O) groups excluding carboxylic acids is 2. The predicted molar refractivity (Wildman–Crippen MR) is 104 cm³/mol. The summed E-state index contributed by atoms with van der Waals surface area (Å²) < 4.78 is 0. The summed E-state index contributed by atoms with van der Waals surface area (Å²) in [5.41, 5.74) is 2.07. The van der Waals surface area contributed by atoms with Crippen molar-refractivity contribution in [2.45, 2.75) is 39.0 Å². The van der Waals surface area contributed by atoms with E-state index in [2.05, 4.69) is 18.8 Å². The maximum absolute atomic E-state index is 12.9. The molecule has 2 amide bonds. The first kappa shape index (κ1) is 18.0. The minimum absolute atomic E-state index is 0.124. The van der Waals surface area contributed by atoms with Crippen LogP contribution in [0.25, 0.3) is 11.0 Å². The second kappa shape index (κ2) is 7.33. The molecule has 0 bridgehead atoms. The smallest absolute Gasteiger partial charge is 0.227 e. The number of nitrogens with one attached hydrogen (secondary N) is 1. The Hall–Kier alpha value is -2.37. The van der Waals surface area contributed by atoms with Gasteiger partial charge in [-0.1, -0.05) is 26.0 Å². The molecular formula is C21H28N4O2. The zero-order chi connectivity index (χ0) is 19.0. The molecule has 2 fully saturated rings. The van der Waals surface area contributed by atoms with E-state index in [0.29, 0.717) is 24.8 Å². The minimum atomic E-state index is -0.168. The fourth-order valence-corrected chi connectivity index (χ4v) is 4.35. The fraction of sp³-hybridized carbons (Fsp3) is 0.571. The lowest BCUT2D eigenvalue weighted by Crippen LogP contribution is -2.42. The molecule has 1 N–H and O–H groups in total. The van der Waals surface area contributed by atoms with Gasteiger partial charge in [0.25, 0.3) is 0 Å². The molecule has 1 atom stereocenters. The van der Waals surface area contributed by atoms with Gasteiger partial charge in [-0.25, -0.2) is 4.98 Å². The van der Waals surface area contributed by atoms with Crippen LogP contribution in [0, 0.1) is 11.8 Å². The van der Waals surface area contributed by atoms with Crippen LogP contribution < -0.4 is 0 Å². The van der Waals surface area contributed by atoms with Gasteiger partial charge in [0.2, 0.25) is 11.8 Å². The zero-order valence-corrected chi connectivity index (χ0v) is 16.1. The monoisotopic (exact) mass is 368 g/mol. The molecule has 0 spiro atoms. The van der Waals surface area contributed by atoms with Gasteiger partial charge in [-0.3, -0.25) is 9.59 Å². The number of para-hydroxylation sites is 2. The molecule has 144 valence electrons. The van der Waals surface area contributed by atoms with E-state index < -0.39 is 0 Å². The first-order valence-electron chi connectivity index (χ1n) is 10.0. The number of benzene rings is 1. The highest BCUT2D eigenvalue weighted by atomic mass is 16.2. The molecule has 2 saturated heterocycles. The van der Waals surface area contributed by atoms with Gasteiger partial charge < -0.3 is 14.8 Å². The molecule has 0 aliphatic carbocycles. The van der Waals surface area contributed by atoms with Gasteiger partial charge in [0.1, 0.15) is 5.82 Å². The van der Waals surface area contributed by atoms with E-state index in [1.807, 2.05) is 34.1 Å². The quantitative estimate of drug-likeness (QED) is 0.902. The predicted octanol–water partition coefficient (Wildman–Crippen LogP) is 2.77. The van der Waals surface area contributed by atoms with Gasteiger partial charge in [0, 0.05) is 38.5 Å². The molecule has 2 aliphatic rings. The number of fused-ring (bicyclic) bond motifs is 1. The lowest BCUT2D eigenvalue weighted by Gasteiger charge is -2.32. The minimum Gasteiger partial charge on any atom is -0.342 e. The second-order valence-corrected chi connectivity index (χ2v) is 8.33. The number of imidazole rings is 1. The van der Waals surface area contributed by atoms with Crippen LogP contribution in [-0.2, 0) is 9.59 Å². The number of aromatic amines is 1. The number of rotatable bonds is 4. The van der Waals surface area contributed by atoms with E-state index in [-0.39, 0.29) is 17.7 Å². The summed E-state index contributed by atoms with van der Waals surface area (Å²) >= 11 is 0. The molecule has 6 heteroatoms. The SMILES string of the molecule is CC(C)CN1CC(C(=O)N2CCC(c3nc4ccccc4[nH]3)CC2)CC1=O. The van der Waals surface area contributed by atoms with Gasteiger partial charge in [0.05, 0.1) is 17.0 Å². The molecule has 1 unspecified atom stereocenters. The third-order valence-corrected chi connectivity index (χ3v) is 5.75. The summed E-state index contributed by atoms with van der Waals surface area (Å²) in [5, 5.41) is 0. The summed E-state index contributed by atoms with van der Waals surface area (Å²) in [6, 6.07) is 8.08. The van der Waals surface area contributed by atoms with Crippen molar-refractivity contribution >= 4 is 22.8 Å². The third-order valence-electron chi connectivity index (χ3n) is 5.75. The summed E-state index contributed by atoms with van der Waals surface area (Å²) in [5.74, 6) is 1.93. The number of hydrogen-bond acceptors (Lipinski definition) is 3. The van der Waals surface area contributed by atoms with Crippen LogP contribution in [-0.4, -0.2) is 57.8 Å². The largest absolute Gasteiger partial charge is 0.342 e. The van der Waals surface area contributed by atoms with Gasteiger partial charge >= 0.3 is 0 Å². The Bertz CT molecular complexity index is 803. The van der Waals surface area contributed by atoms with E-state index in [4.69, 9.17) is 4.98 Å². The van der Waals surface area contributed by atoms with Crippen LogP contribution in [0.3, 0.4) is 0 Å². The number of aromatic nitrogens is 2. The topological polar surface area (TPSA) is 69.3 Å². The normalized spacial score (nSPS) is 21.6. The van der Waals surface area contributed by atoms with Crippen molar-refractivity contribution in [3.63, 3.8) is 0 Å². The van der Waals surface area contributed by atoms with E-state index in [1.54, 1.807) is 0 Å². The number of amides is 2. The van der Waals surface area contributed by atoms with Gasteiger partial charge in [-0.2, -0.15) is 0 Å². The summed E-state index contributed by atoms with van der Waals surface area (Å²) in [6.07, 6.45) is 2.21. The Labute approximate surface area is 159 Å². The van der Waals surface area contributed by atoms with E-state index in [9.17, 15) is 9.59 Å². The Morgan fingerprint density at radius 2 is 2.00 bits per heavy atom. The Kier molecular flexibility index (Phi) is 4.89. The molecule has 6 nitrogen and oxygen atoms in total. The first-order chi connectivity index (χ1) is 13.0. The highest BCUT2D eigenvalue weighted by Crippen LogP contribution is 2.29. The van der Waals surface area contributed by atoms with Crippen molar-refractivity contribution in [2.24, 2.45) is 11.8 Å². The van der Waals surface area contributed by atoms with Crippen LogP contribution in [0.15, 0.2) is 24.3 Å². The lowest BCUT2D eigenvalue weighted by molar-refractivity contribution is -0.136. The lowest BCUT2D eigenvalue weighted by atomic mass is 9.95. The summed E-state index contributed by atoms with van der Waals surface area (Å²) in [4.78, 5) is 37.0. The molecule has 0 radical (unpaired) electrons. The molecule has 3 heterocycles. The third kappa shape index (κ3) is 3.70. The van der Waals surface area contributed by atoms with Crippen LogP contribution >= 0.6 is 0 Å². The number of piperidine rings is 1. The number of likely N-dealkylation sites (tertiary alicyclic amines) is 2. The average molecular weight is 368 g/mol. The molecule has 4 rings (SSSR count). The number of nitrogens with zero attached hydrogens (tertiary/aromatic N) is 3. The van der Waals surface area contributed by atoms with Crippen molar-refractivity contribution < 1.29 is 9.59 Å². The van der Waals surface area contributed by atoms with Crippen LogP contribution in [0.4, 0.5) is 0 Å². The van der Waals surface area contributed by atoms with E-state index in [1.165, 1.54) is 0 Å². The Morgan fingerprint density at radius 1 is 1.26 bits per heavy atom.